The molecule has 1 saturated heterocycles. The van der Waals surface area contributed by atoms with Gasteiger partial charge in [-0.15, -0.1) is 0 Å². The second kappa shape index (κ2) is 6.81. The lowest BCUT2D eigenvalue weighted by Gasteiger charge is -2.34. The Hall–Kier alpha value is -1.46. The van der Waals surface area contributed by atoms with Gasteiger partial charge in [-0.25, -0.2) is 4.39 Å². The minimum atomic E-state index is -0.736. The molecule has 1 aromatic carbocycles. The summed E-state index contributed by atoms with van der Waals surface area (Å²) in [5.41, 5.74) is -0.120. The molecule has 2 N–H and O–H groups in total. The van der Waals surface area contributed by atoms with Crippen LogP contribution in [0.5, 0.6) is 0 Å². The molecule has 1 heterocycles. The highest BCUT2D eigenvalue weighted by Crippen LogP contribution is 2.22. The molecule has 2 rings (SSSR count). The van der Waals surface area contributed by atoms with E-state index in [-0.39, 0.29) is 11.7 Å². The summed E-state index contributed by atoms with van der Waals surface area (Å²) in [6.07, 6.45) is 1.81. The second-order valence-electron chi connectivity index (χ2n) is 5.05. The summed E-state index contributed by atoms with van der Waals surface area (Å²) in [7, 11) is 1.57. The first-order valence-corrected chi connectivity index (χ1v) is 6.95. The van der Waals surface area contributed by atoms with Crippen molar-refractivity contribution in [1.29, 1.82) is 0 Å². The van der Waals surface area contributed by atoms with E-state index in [4.69, 9.17) is 4.74 Å². The summed E-state index contributed by atoms with van der Waals surface area (Å²) in [5, 5.41) is 6.07. The number of halogens is 1. The van der Waals surface area contributed by atoms with Crippen molar-refractivity contribution in [3.63, 3.8) is 0 Å². The molecule has 1 aliphatic rings. The highest BCUT2D eigenvalue weighted by Gasteiger charge is 2.39. The summed E-state index contributed by atoms with van der Waals surface area (Å²) >= 11 is 0. The van der Waals surface area contributed by atoms with Gasteiger partial charge in [0.15, 0.2) is 0 Å². The van der Waals surface area contributed by atoms with Crippen LogP contribution in [0, 0.1) is 5.82 Å². The van der Waals surface area contributed by atoms with Crippen molar-refractivity contribution in [1.82, 2.24) is 10.6 Å². The molecule has 5 heteroatoms. The van der Waals surface area contributed by atoms with E-state index < -0.39 is 5.60 Å². The van der Waals surface area contributed by atoms with E-state index in [2.05, 4.69) is 10.6 Å². The van der Waals surface area contributed by atoms with Crippen LogP contribution in [0.1, 0.15) is 18.4 Å². The molecule has 0 radical (unpaired) electrons. The van der Waals surface area contributed by atoms with Crippen LogP contribution in [0.4, 0.5) is 4.39 Å². The maximum Gasteiger partial charge on any atom is 0.252 e. The molecule has 110 valence electrons. The van der Waals surface area contributed by atoms with Crippen molar-refractivity contribution in [2.24, 2.45) is 0 Å². The van der Waals surface area contributed by atoms with E-state index in [1.54, 1.807) is 25.3 Å². The van der Waals surface area contributed by atoms with E-state index >= 15 is 0 Å². The van der Waals surface area contributed by atoms with Gasteiger partial charge in [0.2, 0.25) is 0 Å². The van der Waals surface area contributed by atoms with E-state index in [1.807, 2.05) is 0 Å². The fourth-order valence-electron chi connectivity index (χ4n) is 2.53. The van der Waals surface area contributed by atoms with Gasteiger partial charge < -0.3 is 15.4 Å². The first-order chi connectivity index (χ1) is 9.68. The fourth-order valence-corrected chi connectivity index (χ4v) is 2.53. The minimum Gasteiger partial charge on any atom is -0.368 e. The average molecular weight is 280 g/mol. The smallest absolute Gasteiger partial charge is 0.252 e. The zero-order valence-electron chi connectivity index (χ0n) is 11.7. The van der Waals surface area contributed by atoms with Gasteiger partial charge in [-0.3, -0.25) is 4.79 Å². The van der Waals surface area contributed by atoms with E-state index in [1.165, 1.54) is 6.07 Å². The molecule has 0 saturated carbocycles. The molecular formula is C15H21FN2O2. The number of benzene rings is 1. The van der Waals surface area contributed by atoms with Crippen molar-refractivity contribution in [2.75, 3.05) is 26.7 Å². The predicted octanol–water partition coefficient (Wildman–Crippen LogP) is 1.25. The Kier molecular flexibility index (Phi) is 5.09. The van der Waals surface area contributed by atoms with Crippen LogP contribution in [-0.4, -0.2) is 38.3 Å². The summed E-state index contributed by atoms with van der Waals surface area (Å²) in [6.45, 7) is 1.96. The molecule has 0 unspecified atom stereocenters. The Bertz CT molecular complexity index is 459. The maximum atomic E-state index is 13.5. The third kappa shape index (κ3) is 3.35. The molecule has 20 heavy (non-hydrogen) atoms. The summed E-state index contributed by atoms with van der Waals surface area (Å²) in [4.78, 5) is 12.3. The molecule has 0 aromatic heterocycles. The number of rotatable bonds is 5. The first kappa shape index (κ1) is 14.9. The molecule has 0 atom stereocenters. The van der Waals surface area contributed by atoms with E-state index in [9.17, 15) is 9.18 Å². The summed E-state index contributed by atoms with van der Waals surface area (Å²) < 4.78 is 18.9. The largest absolute Gasteiger partial charge is 0.368 e. The number of amides is 1. The highest BCUT2D eigenvalue weighted by molar-refractivity contribution is 5.85. The molecule has 0 bridgehead atoms. The van der Waals surface area contributed by atoms with Crippen LogP contribution in [-0.2, 0) is 16.0 Å². The number of hydrogen-bond donors (Lipinski definition) is 2. The fraction of sp³-hybridized carbons (Fsp3) is 0.533. The second-order valence-corrected chi connectivity index (χ2v) is 5.05. The van der Waals surface area contributed by atoms with Gasteiger partial charge in [0.1, 0.15) is 11.4 Å². The third-order valence-electron chi connectivity index (χ3n) is 3.85. The van der Waals surface area contributed by atoms with Gasteiger partial charge in [-0.05, 0) is 44.0 Å². The van der Waals surface area contributed by atoms with Gasteiger partial charge in [-0.2, -0.15) is 0 Å². The van der Waals surface area contributed by atoms with Crippen molar-refractivity contribution < 1.29 is 13.9 Å². The molecular weight excluding hydrogens is 259 g/mol. The Balaban J connectivity index is 1.87. The number of nitrogens with one attached hydrogen (secondary N) is 2. The lowest BCUT2D eigenvalue weighted by atomic mass is 9.91. The molecule has 0 aliphatic carbocycles. The van der Waals surface area contributed by atoms with Crippen LogP contribution in [0.25, 0.3) is 0 Å². The zero-order valence-corrected chi connectivity index (χ0v) is 11.7. The van der Waals surface area contributed by atoms with Crippen molar-refractivity contribution in [3.8, 4) is 0 Å². The standard InChI is InChI=1S/C15H21FN2O2/c1-20-15(7-10-17-11-8-15)14(19)18-9-6-12-4-2-3-5-13(12)16/h2-5,17H,6-11H2,1H3,(H,18,19). The van der Waals surface area contributed by atoms with Crippen molar-refractivity contribution >= 4 is 5.91 Å². The first-order valence-electron chi connectivity index (χ1n) is 6.95. The van der Waals surface area contributed by atoms with E-state index in [0.29, 0.717) is 31.4 Å². The van der Waals surface area contributed by atoms with Crippen molar-refractivity contribution in [2.45, 2.75) is 24.9 Å². The van der Waals surface area contributed by atoms with Crippen LogP contribution in [0.15, 0.2) is 24.3 Å². The van der Waals surface area contributed by atoms with Crippen molar-refractivity contribution in [3.05, 3.63) is 35.6 Å². The number of carbonyl (C=O) groups is 1. The van der Waals surface area contributed by atoms with Gasteiger partial charge in [-0.1, -0.05) is 18.2 Å². The quantitative estimate of drug-likeness (QED) is 0.853. The van der Waals surface area contributed by atoms with Crippen LogP contribution in [0.2, 0.25) is 0 Å². The van der Waals surface area contributed by atoms with Crippen LogP contribution < -0.4 is 10.6 Å². The minimum absolute atomic E-state index is 0.0992. The SMILES string of the molecule is COC1(C(=O)NCCc2ccccc2F)CCNCC1. The molecule has 1 fully saturated rings. The number of hydrogen-bond acceptors (Lipinski definition) is 3. The highest BCUT2D eigenvalue weighted by atomic mass is 19.1. The summed E-state index contributed by atoms with van der Waals surface area (Å²) in [6, 6.07) is 6.62. The number of carbonyl (C=O) groups excluding carboxylic acids is 1. The monoisotopic (exact) mass is 280 g/mol. The van der Waals surface area contributed by atoms with Gasteiger partial charge in [0, 0.05) is 13.7 Å². The van der Waals surface area contributed by atoms with E-state index in [0.717, 1.165) is 13.1 Å². The topological polar surface area (TPSA) is 50.4 Å². The normalized spacial score (nSPS) is 17.7. The Morgan fingerprint density at radius 3 is 2.75 bits per heavy atom. The molecule has 0 spiro atoms. The maximum absolute atomic E-state index is 13.5. The van der Waals surface area contributed by atoms with Gasteiger partial charge in [0.05, 0.1) is 0 Å². The predicted molar refractivity (Wildman–Crippen MR) is 75.0 cm³/mol. The Labute approximate surface area is 118 Å². The van der Waals surface area contributed by atoms with Crippen LogP contribution in [0.3, 0.4) is 0 Å². The Morgan fingerprint density at radius 1 is 1.40 bits per heavy atom. The lowest BCUT2D eigenvalue weighted by Crippen LogP contribution is -2.54. The number of piperidine rings is 1. The zero-order chi connectivity index (χ0) is 14.4. The molecule has 4 nitrogen and oxygen atoms in total. The van der Waals surface area contributed by atoms with Gasteiger partial charge >= 0.3 is 0 Å². The number of ether oxygens (including phenoxy) is 1. The summed E-state index contributed by atoms with van der Waals surface area (Å²) in [5.74, 6) is -0.331. The molecule has 1 aromatic rings. The number of methoxy groups -OCH3 is 1. The lowest BCUT2D eigenvalue weighted by molar-refractivity contribution is -0.146. The Morgan fingerprint density at radius 2 is 2.10 bits per heavy atom. The van der Waals surface area contributed by atoms with Crippen LogP contribution >= 0.6 is 0 Å². The molecule has 1 amide bonds. The average Bonchev–Trinajstić information content (AvgIpc) is 2.49. The molecule has 1 aliphatic heterocycles. The third-order valence-corrected chi connectivity index (χ3v) is 3.85. The van der Waals surface area contributed by atoms with Gasteiger partial charge in [0.25, 0.3) is 5.91 Å².